The molecule has 1 aliphatic heterocycles. The summed E-state index contributed by atoms with van der Waals surface area (Å²) in [6.07, 6.45) is 0.876. The highest BCUT2D eigenvalue weighted by molar-refractivity contribution is 9.10. The fraction of sp³-hybridized carbons (Fsp3) is 0.333. The number of carbonyl (C=O) groups is 1. The summed E-state index contributed by atoms with van der Waals surface area (Å²) in [5, 5.41) is 4.07. The Morgan fingerprint density at radius 1 is 1.29 bits per heavy atom. The second kappa shape index (κ2) is 6.84. The summed E-state index contributed by atoms with van der Waals surface area (Å²) in [6, 6.07) is 5.33. The van der Waals surface area contributed by atoms with E-state index in [1.54, 1.807) is 13.0 Å². The van der Waals surface area contributed by atoms with Crippen molar-refractivity contribution in [3.63, 3.8) is 0 Å². The van der Waals surface area contributed by atoms with Crippen LogP contribution in [0.25, 0.3) is 5.78 Å². The van der Waals surface area contributed by atoms with Gasteiger partial charge in [-0.05, 0) is 31.2 Å². The first-order valence-electron chi connectivity index (χ1n) is 8.52. The summed E-state index contributed by atoms with van der Waals surface area (Å²) in [7, 11) is 0. The van der Waals surface area contributed by atoms with Gasteiger partial charge in [0.25, 0.3) is 17.6 Å². The quantitative estimate of drug-likeness (QED) is 0.594. The SMILES string of the molecule is Cc1cc([C@@H]2CN(C(=O)c3cc(F)cc(Br)c3)CC(F)(F)C2)n2ncnc2n1. The topological polar surface area (TPSA) is 63.4 Å². The lowest BCUT2D eigenvalue weighted by Gasteiger charge is -2.37. The van der Waals surface area contributed by atoms with E-state index in [1.807, 2.05) is 0 Å². The number of hydrogen-bond acceptors (Lipinski definition) is 4. The van der Waals surface area contributed by atoms with Crippen LogP contribution < -0.4 is 0 Å². The first kappa shape index (κ1) is 18.9. The van der Waals surface area contributed by atoms with Crippen molar-refractivity contribution in [2.45, 2.75) is 25.2 Å². The predicted molar refractivity (Wildman–Crippen MR) is 97.8 cm³/mol. The average Bonchev–Trinajstić information content (AvgIpc) is 3.06. The number of fused-ring (bicyclic) bond motifs is 1. The van der Waals surface area contributed by atoms with Crippen LogP contribution in [-0.2, 0) is 0 Å². The highest BCUT2D eigenvalue weighted by Crippen LogP contribution is 2.37. The van der Waals surface area contributed by atoms with Gasteiger partial charge in [-0.2, -0.15) is 10.1 Å². The molecule has 6 nitrogen and oxygen atoms in total. The molecule has 28 heavy (non-hydrogen) atoms. The Kier molecular flexibility index (Phi) is 4.60. The van der Waals surface area contributed by atoms with Gasteiger partial charge in [0.2, 0.25) is 0 Å². The lowest BCUT2D eigenvalue weighted by Crippen LogP contribution is -2.49. The van der Waals surface area contributed by atoms with Crippen molar-refractivity contribution in [2.24, 2.45) is 0 Å². The second-order valence-electron chi connectivity index (χ2n) is 6.90. The maximum atomic E-state index is 14.5. The van der Waals surface area contributed by atoms with Crippen LogP contribution in [0.5, 0.6) is 0 Å². The highest BCUT2D eigenvalue weighted by Gasteiger charge is 2.43. The molecule has 1 saturated heterocycles. The van der Waals surface area contributed by atoms with Crippen molar-refractivity contribution in [3.8, 4) is 0 Å². The Morgan fingerprint density at radius 3 is 2.82 bits per heavy atom. The molecule has 2 aromatic heterocycles. The number of aromatic nitrogens is 4. The number of benzene rings is 1. The number of likely N-dealkylation sites (tertiary alicyclic amines) is 1. The van der Waals surface area contributed by atoms with Crippen LogP contribution >= 0.6 is 15.9 Å². The number of hydrogen-bond donors (Lipinski definition) is 0. The summed E-state index contributed by atoms with van der Waals surface area (Å²) in [5.41, 5.74) is 1.15. The molecule has 146 valence electrons. The highest BCUT2D eigenvalue weighted by atomic mass is 79.9. The zero-order valence-electron chi connectivity index (χ0n) is 14.7. The molecule has 1 aliphatic rings. The summed E-state index contributed by atoms with van der Waals surface area (Å²) >= 11 is 3.12. The molecule has 1 fully saturated rings. The third-order valence-electron chi connectivity index (χ3n) is 4.63. The maximum Gasteiger partial charge on any atom is 0.266 e. The van der Waals surface area contributed by atoms with Gasteiger partial charge in [0, 0.05) is 34.6 Å². The van der Waals surface area contributed by atoms with Gasteiger partial charge in [0.15, 0.2) is 0 Å². The fourth-order valence-corrected chi connectivity index (χ4v) is 4.03. The average molecular weight is 454 g/mol. The van der Waals surface area contributed by atoms with Crippen molar-refractivity contribution in [1.29, 1.82) is 0 Å². The molecule has 10 heteroatoms. The molecule has 0 N–H and O–H groups in total. The molecule has 1 aromatic carbocycles. The Bertz CT molecular complexity index is 1050. The van der Waals surface area contributed by atoms with E-state index in [0.29, 0.717) is 21.6 Å². The van der Waals surface area contributed by atoms with Crippen LogP contribution in [-0.4, -0.2) is 49.4 Å². The van der Waals surface area contributed by atoms with E-state index in [0.717, 1.165) is 11.0 Å². The molecule has 0 saturated carbocycles. The molecule has 0 bridgehead atoms. The standard InChI is InChI=1S/C18H15BrF3N5O/c1-10-2-15(27-17(25-10)23-9-24-27)12-6-18(21,22)8-26(7-12)16(28)11-3-13(19)5-14(20)4-11/h2-5,9,12H,6-8H2,1H3/t12-/m0/s1. The molecule has 3 heterocycles. The van der Waals surface area contributed by atoms with Crippen LogP contribution in [0.1, 0.15) is 34.1 Å². The molecule has 1 amide bonds. The van der Waals surface area contributed by atoms with Crippen molar-refractivity contribution < 1.29 is 18.0 Å². The summed E-state index contributed by atoms with van der Waals surface area (Å²) in [5.74, 6) is -4.71. The Balaban J connectivity index is 1.71. The number of aryl methyl sites for hydroxylation is 1. The maximum absolute atomic E-state index is 14.5. The second-order valence-corrected chi connectivity index (χ2v) is 7.81. The largest absolute Gasteiger partial charge is 0.332 e. The molecular formula is C18H15BrF3N5O. The number of halogens is 4. The molecule has 3 aromatic rings. The van der Waals surface area contributed by atoms with Gasteiger partial charge in [0.05, 0.1) is 12.2 Å². The molecule has 0 unspecified atom stereocenters. The van der Waals surface area contributed by atoms with Crippen molar-refractivity contribution in [3.05, 3.63) is 57.8 Å². The van der Waals surface area contributed by atoms with E-state index in [-0.39, 0.29) is 12.1 Å². The third kappa shape index (κ3) is 3.60. The third-order valence-corrected chi connectivity index (χ3v) is 5.09. The van der Waals surface area contributed by atoms with E-state index in [2.05, 4.69) is 31.0 Å². The summed E-state index contributed by atoms with van der Waals surface area (Å²) in [4.78, 5) is 22.1. The summed E-state index contributed by atoms with van der Waals surface area (Å²) in [6.45, 7) is 1.08. The predicted octanol–water partition coefficient (Wildman–Crippen LogP) is 3.60. The van der Waals surface area contributed by atoms with Gasteiger partial charge in [-0.3, -0.25) is 4.79 Å². The van der Waals surface area contributed by atoms with E-state index in [4.69, 9.17) is 0 Å². The lowest BCUT2D eigenvalue weighted by atomic mass is 9.91. The minimum Gasteiger partial charge on any atom is -0.332 e. The van der Waals surface area contributed by atoms with Crippen LogP contribution in [0.2, 0.25) is 0 Å². The van der Waals surface area contributed by atoms with Crippen molar-refractivity contribution >= 4 is 27.6 Å². The van der Waals surface area contributed by atoms with Gasteiger partial charge in [-0.25, -0.2) is 22.7 Å². The molecule has 0 aliphatic carbocycles. The Morgan fingerprint density at radius 2 is 2.07 bits per heavy atom. The van der Waals surface area contributed by atoms with Crippen LogP contribution in [0, 0.1) is 12.7 Å². The number of alkyl halides is 2. The van der Waals surface area contributed by atoms with Crippen LogP contribution in [0.3, 0.4) is 0 Å². The zero-order valence-corrected chi connectivity index (χ0v) is 16.3. The number of piperidine rings is 1. The molecule has 4 rings (SSSR count). The molecule has 0 spiro atoms. The van der Waals surface area contributed by atoms with E-state index >= 15 is 0 Å². The first-order chi connectivity index (χ1) is 13.2. The number of nitrogens with zero attached hydrogens (tertiary/aromatic N) is 5. The van der Waals surface area contributed by atoms with E-state index in [9.17, 15) is 18.0 Å². The monoisotopic (exact) mass is 453 g/mol. The molecule has 0 radical (unpaired) electrons. The van der Waals surface area contributed by atoms with Gasteiger partial charge in [-0.1, -0.05) is 15.9 Å². The van der Waals surface area contributed by atoms with Gasteiger partial charge < -0.3 is 4.90 Å². The van der Waals surface area contributed by atoms with Crippen molar-refractivity contribution in [1.82, 2.24) is 24.5 Å². The molecular weight excluding hydrogens is 439 g/mol. The molecule has 1 atom stereocenters. The van der Waals surface area contributed by atoms with E-state index < -0.39 is 36.5 Å². The number of rotatable bonds is 2. The van der Waals surface area contributed by atoms with Gasteiger partial charge in [0.1, 0.15) is 12.1 Å². The first-order valence-corrected chi connectivity index (χ1v) is 9.32. The van der Waals surface area contributed by atoms with Gasteiger partial charge in [-0.15, -0.1) is 0 Å². The zero-order chi connectivity index (χ0) is 20.1. The normalized spacial score (nSPS) is 19.2. The van der Waals surface area contributed by atoms with E-state index in [1.165, 1.54) is 23.0 Å². The van der Waals surface area contributed by atoms with Crippen LogP contribution in [0.15, 0.2) is 35.1 Å². The summed E-state index contributed by atoms with van der Waals surface area (Å²) < 4.78 is 44.5. The van der Waals surface area contributed by atoms with Gasteiger partial charge >= 0.3 is 0 Å². The number of carbonyl (C=O) groups excluding carboxylic acids is 1. The lowest BCUT2D eigenvalue weighted by molar-refractivity contribution is -0.0641. The minimum atomic E-state index is -3.09. The van der Waals surface area contributed by atoms with Crippen molar-refractivity contribution in [2.75, 3.05) is 13.1 Å². The van der Waals surface area contributed by atoms with Crippen LogP contribution in [0.4, 0.5) is 13.2 Å². The Labute approximate surface area is 166 Å². The number of amides is 1. The fourth-order valence-electron chi connectivity index (χ4n) is 3.56. The minimum absolute atomic E-state index is 0.0140. The Hall–Kier alpha value is -2.49. The smallest absolute Gasteiger partial charge is 0.266 e.